The van der Waals surface area contributed by atoms with Gasteiger partial charge in [-0.1, -0.05) is 40.2 Å². The van der Waals surface area contributed by atoms with E-state index < -0.39 is 0 Å². The Morgan fingerprint density at radius 3 is 2.50 bits per heavy atom. The Bertz CT molecular complexity index is 256. The van der Waals surface area contributed by atoms with Crippen molar-refractivity contribution in [1.29, 1.82) is 0 Å². The van der Waals surface area contributed by atoms with Crippen LogP contribution >= 0.6 is 15.9 Å². The lowest BCUT2D eigenvalue weighted by Gasteiger charge is -2.25. The topological polar surface area (TPSA) is 26.0 Å². The molecule has 12 heavy (non-hydrogen) atoms. The average molecular weight is 226 g/mol. The maximum Gasteiger partial charge on any atom is 0.0399 e. The van der Waals surface area contributed by atoms with Crippen LogP contribution in [0, 0.1) is 0 Å². The second-order valence-corrected chi connectivity index (χ2v) is 4.39. The maximum absolute atomic E-state index is 5.99. The van der Waals surface area contributed by atoms with Crippen LogP contribution in [0.15, 0.2) is 24.3 Å². The number of nitrogens with two attached hydrogens (primary N) is 1. The molecule has 0 heterocycles. The maximum atomic E-state index is 5.99. The summed E-state index contributed by atoms with van der Waals surface area (Å²) >= 11 is 3.66. The normalized spacial score (nSPS) is 28.2. The molecule has 1 nitrogen and oxygen atoms in total. The highest BCUT2D eigenvalue weighted by Gasteiger charge is 2.21. The number of benzene rings is 1. The first-order valence-corrected chi connectivity index (χ1v) is 5.19. The molecule has 0 saturated heterocycles. The molecule has 1 aromatic rings. The van der Waals surface area contributed by atoms with E-state index >= 15 is 0 Å². The van der Waals surface area contributed by atoms with Gasteiger partial charge in [-0.2, -0.15) is 0 Å². The molecule has 0 aliphatic heterocycles. The first-order valence-electron chi connectivity index (χ1n) is 4.27. The monoisotopic (exact) mass is 225 g/mol. The van der Waals surface area contributed by atoms with Crippen molar-refractivity contribution in [3.8, 4) is 0 Å². The highest BCUT2D eigenvalue weighted by molar-refractivity contribution is 9.09. The van der Waals surface area contributed by atoms with Crippen molar-refractivity contribution in [2.24, 2.45) is 5.73 Å². The zero-order valence-electron chi connectivity index (χ0n) is 6.83. The van der Waals surface area contributed by atoms with Gasteiger partial charge in [0.05, 0.1) is 0 Å². The molecule has 0 fully saturated rings. The van der Waals surface area contributed by atoms with E-state index in [1.807, 2.05) is 0 Å². The second-order valence-electron chi connectivity index (χ2n) is 3.28. The summed E-state index contributed by atoms with van der Waals surface area (Å²) in [4.78, 5) is 0.508. The number of rotatable bonds is 0. The van der Waals surface area contributed by atoms with E-state index in [-0.39, 0.29) is 6.04 Å². The van der Waals surface area contributed by atoms with Crippen molar-refractivity contribution in [2.75, 3.05) is 0 Å². The van der Waals surface area contributed by atoms with Crippen LogP contribution in [0.5, 0.6) is 0 Å². The molecular weight excluding hydrogens is 214 g/mol. The standard InChI is InChI=1S/C10H12BrN/c11-9-5-6-10(12)8-4-2-1-3-7(8)9/h1-4,9-10H,5-6,12H2. The van der Waals surface area contributed by atoms with Crippen LogP contribution < -0.4 is 5.73 Å². The second kappa shape index (κ2) is 3.19. The van der Waals surface area contributed by atoms with Crippen LogP contribution in [0.4, 0.5) is 0 Å². The Morgan fingerprint density at radius 2 is 1.83 bits per heavy atom. The van der Waals surface area contributed by atoms with Crippen molar-refractivity contribution in [2.45, 2.75) is 23.7 Å². The van der Waals surface area contributed by atoms with Crippen LogP contribution in [0.1, 0.15) is 34.8 Å². The van der Waals surface area contributed by atoms with Gasteiger partial charge in [0.25, 0.3) is 0 Å². The van der Waals surface area contributed by atoms with Gasteiger partial charge in [-0.15, -0.1) is 0 Å². The van der Waals surface area contributed by atoms with E-state index in [1.165, 1.54) is 11.1 Å². The first-order chi connectivity index (χ1) is 5.79. The lowest BCUT2D eigenvalue weighted by Crippen LogP contribution is -2.18. The van der Waals surface area contributed by atoms with Gasteiger partial charge in [-0.05, 0) is 24.0 Å². The van der Waals surface area contributed by atoms with Crippen LogP contribution in [0.25, 0.3) is 0 Å². The molecule has 0 saturated carbocycles. The molecule has 0 amide bonds. The van der Waals surface area contributed by atoms with Gasteiger partial charge in [-0.3, -0.25) is 0 Å². The molecule has 1 aromatic carbocycles. The van der Waals surface area contributed by atoms with E-state index in [9.17, 15) is 0 Å². The summed E-state index contributed by atoms with van der Waals surface area (Å²) in [6.45, 7) is 0. The summed E-state index contributed by atoms with van der Waals surface area (Å²) in [5.74, 6) is 0. The molecule has 2 unspecified atom stereocenters. The first kappa shape index (κ1) is 8.27. The summed E-state index contributed by atoms with van der Waals surface area (Å²) in [5, 5.41) is 0. The van der Waals surface area contributed by atoms with Crippen LogP contribution in [0.2, 0.25) is 0 Å². The third-order valence-corrected chi connectivity index (χ3v) is 3.42. The fraction of sp³-hybridized carbons (Fsp3) is 0.400. The molecule has 0 bridgehead atoms. The average Bonchev–Trinajstić information content (AvgIpc) is 2.12. The number of hydrogen-bond donors (Lipinski definition) is 1. The molecule has 2 heteroatoms. The highest BCUT2D eigenvalue weighted by Crippen LogP contribution is 2.39. The zero-order chi connectivity index (χ0) is 8.55. The quantitative estimate of drug-likeness (QED) is 0.676. The highest BCUT2D eigenvalue weighted by atomic mass is 79.9. The van der Waals surface area contributed by atoms with Crippen molar-refractivity contribution < 1.29 is 0 Å². The van der Waals surface area contributed by atoms with E-state index in [1.54, 1.807) is 0 Å². The summed E-state index contributed by atoms with van der Waals surface area (Å²) in [6.07, 6.45) is 2.24. The van der Waals surface area contributed by atoms with Crippen LogP contribution in [-0.2, 0) is 0 Å². The lowest BCUT2D eigenvalue weighted by molar-refractivity contribution is 0.568. The van der Waals surface area contributed by atoms with E-state index in [2.05, 4.69) is 40.2 Å². The summed E-state index contributed by atoms with van der Waals surface area (Å²) in [5.41, 5.74) is 8.67. The number of hydrogen-bond acceptors (Lipinski definition) is 1. The van der Waals surface area contributed by atoms with Crippen molar-refractivity contribution >= 4 is 15.9 Å². The smallest absolute Gasteiger partial charge is 0.0399 e. The van der Waals surface area contributed by atoms with Crippen LogP contribution in [-0.4, -0.2) is 0 Å². The summed E-state index contributed by atoms with van der Waals surface area (Å²) < 4.78 is 0. The molecule has 64 valence electrons. The van der Waals surface area contributed by atoms with Gasteiger partial charge in [0.15, 0.2) is 0 Å². The fourth-order valence-electron chi connectivity index (χ4n) is 1.77. The lowest BCUT2D eigenvalue weighted by atomic mass is 9.88. The van der Waals surface area contributed by atoms with Gasteiger partial charge in [0.1, 0.15) is 0 Å². The molecule has 1 aliphatic carbocycles. The largest absolute Gasteiger partial charge is 0.324 e. The molecule has 2 N–H and O–H groups in total. The van der Waals surface area contributed by atoms with E-state index in [0.717, 1.165) is 12.8 Å². The number of fused-ring (bicyclic) bond motifs is 1. The number of halogens is 1. The Morgan fingerprint density at radius 1 is 1.17 bits per heavy atom. The number of alkyl halides is 1. The summed E-state index contributed by atoms with van der Waals surface area (Å²) in [7, 11) is 0. The van der Waals surface area contributed by atoms with Gasteiger partial charge in [-0.25, -0.2) is 0 Å². The minimum atomic E-state index is 0.245. The third-order valence-electron chi connectivity index (χ3n) is 2.46. The molecule has 0 spiro atoms. The fourth-order valence-corrected chi connectivity index (χ4v) is 2.45. The molecule has 1 aliphatic rings. The minimum Gasteiger partial charge on any atom is -0.324 e. The van der Waals surface area contributed by atoms with E-state index in [0.29, 0.717) is 4.83 Å². The van der Waals surface area contributed by atoms with Gasteiger partial charge < -0.3 is 5.73 Å². The van der Waals surface area contributed by atoms with Gasteiger partial charge in [0, 0.05) is 10.9 Å². The van der Waals surface area contributed by atoms with Crippen molar-refractivity contribution in [3.05, 3.63) is 35.4 Å². The van der Waals surface area contributed by atoms with Gasteiger partial charge in [0.2, 0.25) is 0 Å². The summed E-state index contributed by atoms with van der Waals surface area (Å²) in [6, 6.07) is 8.67. The molecule has 2 atom stereocenters. The molecular formula is C10H12BrN. The molecule has 0 aromatic heterocycles. The predicted octanol–water partition coefficient (Wildman–Crippen LogP) is 2.92. The minimum absolute atomic E-state index is 0.245. The molecule has 2 rings (SSSR count). The van der Waals surface area contributed by atoms with Crippen molar-refractivity contribution in [3.63, 3.8) is 0 Å². The van der Waals surface area contributed by atoms with E-state index in [4.69, 9.17) is 5.73 Å². The Balaban J connectivity index is 2.47. The molecule has 0 radical (unpaired) electrons. The SMILES string of the molecule is NC1CCC(Br)c2ccccc21. The predicted molar refractivity (Wildman–Crippen MR) is 54.3 cm³/mol. The third kappa shape index (κ3) is 1.29. The van der Waals surface area contributed by atoms with Crippen molar-refractivity contribution in [1.82, 2.24) is 0 Å². The zero-order valence-corrected chi connectivity index (χ0v) is 8.42. The Labute approximate surface area is 81.1 Å². The van der Waals surface area contributed by atoms with Gasteiger partial charge >= 0.3 is 0 Å². The Hall–Kier alpha value is -0.340. The van der Waals surface area contributed by atoms with Crippen LogP contribution in [0.3, 0.4) is 0 Å². The Kier molecular flexibility index (Phi) is 2.20.